The van der Waals surface area contributed by atoms with E-state index in [4.69, 9.17) is 8.83 Å². The van der Waals surface area contributed by atoms with Gasteiger partial charge in [0.1, 0.15) is 5.52 Å². The number of sulfonamides is 1. The maximum Gasteiger partial charge on any atom is 0.297 e. The second kappa shape index (κ2) is 9.06. The lowest BCUT2D eigenvalue weighted by Gasteiger charge is -2.57. The van der Waals surface area contributed by atoms with Gasteiger partial charge in [-0.1, -0.05) is 19.9 Å². The number of rotatable bonds is 8. The molecule has 3 aromatic rings. The number of aromatic nitrogens is 1. The fourth-order valence-electron chi connectivity index (χ4n) is 5.58. The monoisotopic (exact) mass is 513 g/mol. The van der Waals surface area contributed by atoms with Gasteiger partial charge in [-0.05, 0) is 80.7 Å². The van der Waals surface area contributed by atoms with Gasteiger partial charge in [0, 0.05) is 17.9 Å². The van der Waals surface area contributed by atoms with E-state index in [9.17, 15) is 18.0 Å². The van der Waals surface area contributed by atoms with Gasteiger partial charge in [0.05, 0.1) is 0 Å². The normalized spacial score (nSPS) is 23.4. The van der Waals surface area contributed by atoms with Crippen molar-refractivity contribution in [1.82, 2.24) is 15.0 Å². The average molecular weight is 514 g/mol. The van der Waals surface area contributed by atoms with E-state index in [-0.39, 0.29) is 17.2 Å². The van der Waals surface area contributed by atoms with E-state index in [0.717, 1.165) is 48.2 Å². The third kappa shape index (κ3) is 4.54. The molecule has 0 aliphatic heterocycles. The van der Waals surface area contributed by atoms with Crippen LogP contribution in [0.5, 0.6) is 0 Å². The zero-order valence-electron chi connectivity index (χ0n) is 20.7. The summed E-state index contributed by atoms with van der Waals surface area (Å²) >= 11 is 0. The standard InChI is InChI=1S/C26H31N3O6S/c1-4-16(5-2)23(30)29-36(32,33)22-9-8-21(34-22)24(31)27-18-13-26(14-18)11-17(12-26)25-28-19-10-15(3)6-7-20(19)35-25/h6-10,16-18H,4-5,11-14H2,1-3H3,(H,27,31)(H,29,30). The second-order valence-corrected chi connectivity index (χ2v) is 11.9. The Morgan fingerprint density at radius 3 is 2.50 bits per heavy atom. The summed E-state index contributed by atoms with van der Waals surface area (Å²) in [7, 11) is -4.18. The minimum atomic E-state index is -4.18. The Labute approximate surface area is 210 Å². The number of oxazole rings is 1. The van der Waals surface area contributed by atoms with Crippen molar-refractivity contribution in [2.24, 2.45) is 11.3 Å². The molecule has 2 heterocycles. The zero-order valence-corrected chi connectivity index (χ0v) is 21.5. The minimum absolute atomic E-state index is 0.00413. The Bertz CT molecular complexity index is 1400. The van der Waals surface area contributed by atoms with E-state index in [1.54, 1.807) is 0 Å². The first-order chi connectivity index (χ1) is 17.1. The number of furan rings is 1. The summed E-state index contributed by atoms with van der Waals surface area (Å²) in [5.74, 6) is -0.459. The van der Waals surface area contributed by atoms with Gasteiger partial charge in [-0.2, -0.15) is 8.42 Å². The van der Waals surface area contributed by atoms with Gasteiger partial charge < -0.3 is 14.2 Å². The van der Waals surface area contributed by atoms with E-state index in [2.05, 4.69) is 10.3 Å². The number of amides is 2. The molecule has 0 bridgehead atoms. The number of nitrogens with zero attached hydrogens (tertiary/aromatic N) is 1. The second-order valence-electron chi connectivity index (χ2n) is 10.3. The summed E-state index contributed by atoms with van der Waals surface area (Å²) in [6.45, 7) is 5.67. The minimum Gasteiger partial charge on any atom is -0.440 e. The van der Waals surface area contributed by atoms with Crippen LogP contribution in [0.3, 0.4) is 0 Å². The van der Waals surface area contributed by atoms with Gasteiger partial charge in [0.25, 0.3) is 15.9 Å². The number of hydrogen-bond donors (Lipinski definition) is 2. The number of fused-ring (bicyclic) bond motifs is 1. The first-order valence-corrected chi connectivity index (χ1v) is 13.9. The Balaban J connectivity index is 1.13. The Kier molecular flexibility index (Phi) is 6.18. The third-order valence-electron chi connectivity index (χ3n) is 7.62. The largest absolute Gasteiger partial charge is 0.440 e. The van der Waals surface area contributed by atoms with Crippen LogP contribution in [0.25, 0.3) is 11.1 Å². The van der Waals surface area contributed by atoms with Gasteiger partial charge in [0.15, 0.2) is 17.2 Å². The smallest absolute Gasteiger partial charge is 0.297 e. The van der Waals surface area contributed by atoms with Crippen molar-refractivity contribution in [3.8, 4) is 0 Å². The number of carbonyl (C=O) groups is 2. The van der Waals surface area contributed by atoms with Crippen LogP contribution >= 0.6 is 0 Å². The first kappa shape index (κ1) is 24.5. The molecule has 36 heavy (non-hydrogen) atoms. The molecule has 0 atom stereocenters. The van der Waals surface area contributed by atoms with E-state index >= 15 is 0 Å². The van der Waals surface area contributed by atoms with Gasteiger partial charge in [-0.15, -0.1) is 0 Å². The molecule has 10 heteroatoms. The maximum atomic E-state index is 12.6. The van der Waals surface area contributed by atoms with Crippen molar-refractivity contribution in [2.75, 3.05) is 0 Å². The van der Waals surface area contributed by atoms with Crippen molar-refractivity contribution in [3.05, 3.63) is 47.5 Å². The van der Waals surface area contributed by atoms with E-state index in [0.29, 0.717) is 18.8 Å². The molecule has 0 unspecified atom stereocenters. The van der Waals surface area contributed by atoms with Crippen LogP contribution in [0.4, 0.5) is 0 Å². The summed E-state index contributed by atoms with van der Waals surface area (Å²) in [4.78, 5) is 29.5. The highest BCUT2D eigenvalue weighted by molar-refractivity contribution is 7.89. The van der Waals surface area contributed by atoms with E-state index < -0.39 is 32.8 Å². The predicted octanol–water partition coefficient (Wildman–Crippen LogP) is 4.43. The Hall–Kier alpha value is -3.14. The predicted molar refractivity (Wildman–Crippen MR) is 132 cm³/mol. The van der Waals surface area contributed by atoms with Crippen molar-refractivity contribution < 1.29 is 26.8 Å². The summed E-state index contributed by atoms with van der Waals surface area (Å²) < 4.78 is 38.3. The lowest BCUT2D eigenvalue weighted by Crippen LogP contribution is -2.55. The average Bonchev–Trinajstić information content (AvgIpc) is 3.42. The Morgan fingerprint density at radius 2 is 1.81 bits per heavy atom. The molecular weight excluding hydrogens is 482 g/mol. The maximum absolute atomic E-state index is 12.6. The molecule has 0 saturated heterocycles. The molecule has 9 nitrogen and oxygen atoms in total. The lowest BCUT2D eigenvalue weighted by atomic mass is 9.50. The molecule has 1 aromatic carbocycles. The molecule has 2 N–H and O–H groups in total. The van der Waals surface area contributed by atoms with Crippen molar-refractivity contribution in [3.63, 3.8) is 0 Å². The number of hydrogen-bond acceptors (Lipinski definition) is 7. The fraction of sp³-hybridized carbons (Fsp3) is 0.500. The van der Waals surface area contributed by atoms with Crippen LogP contribution in [0.15, 0.2) is 44.3 Å². The van der Waals surface area contributed by atoms with Gasteiger partial charge in [-0.3, -0.25) is 9.59 Å². The third-order valence-corrected chi connectivity index (χ3v) is 8.84. The fourth-order valence-corrected chi connectivity index (χ4v) is 6.56. The summed E-state index contributed by atoms with van der Waals surface area (Å²) in [6, 6.07) is 8.51. The molecule has 2 amide bonds. The van der Waals surface area contributed by atoms with Crippen LogP contribution in [0, 0.1) is 18.3 Å². The van der Waals surface area contributed by atoms with E-state index in [1.165, 1.54) is 12.1 Å². The molecule has 5 rings (SSSR count). The van der Waals surface area contributed by atoms with Crippen LogP contribution in [-0.2, 0) is 14.8 Å². The molecule has 192 valence electrons. The number of nitrogens with one attached hydrogen (secondary N) is 2. The van der Waals surface area contributed by atoms with Crippen LogP contribution in [0.1, 0.15) is 80.3 Å². The van der Waals surface area contributed by atoms with Gasteiger partial charge >= 0.3 is 0 Å². The molecule has 2 aliphatic rings. The highest BCUT2D eigenvalue weighted by Gasteiger charge is 2.54. The molecule has 2 aromatic heterocycles. The van der Waals surface area contributed by atoms with Crippen LogP contribution in [0.2, 0.25) is 0 Å². The van der Waals surface area contributed by atoms with Gasteiger partial charge in [-0.25, -0.2) is 9.71 Å². The topological polar surface area (TPSA) is 132 Å². The summed E-state index contributed by atoms with van der Waals surface area (Å²) in [5, 5.41) is 2.48. The SMILES string of the molecule is CCC(CC)C(=O)NS(=O)(=O)c1ccc(C(=O)NC2CC3(C2)CC(c2nc4cc(C)ccc4o2)C3)o1. The highest BCUT2D eigenvalue weighted by atomic mass is 32.2. The highest BCUT2D eigenvalue weighted by Crippen LogP contribution is 2.61. The summed E-state index contributed by atoms with van der Waals surface area (Å²) in [6.07, 6.45) is 4.72. The quantitative estimate of drug-likeness (QED) is 0.455. The van der Waals surface area contributed by atoms with Crippen LogP contribution < -0.4 is 10.0 Å². The van der Waals surface area contributed by atoms with Crippen molar-refractivity contribution in [1.29, 1.82) is 0 Å². The summed E-state index contributed by atoms with van der Waals surface area (Å²) in [5.41, 5.74) is 3.04. The molecule has 0 radical (unpaired) electrons. The van der Waals surface area contributed by atoms with Gasteiger partial charge in [0.2, 0.25) is 11.0 Å². The Morgan fingerprint density at radius 1 is 1.08 bits per heavy atom. The number of aryl methyl sites for hydroxylation is 1. The zero-order chi connectivity index (χ0) is 25.7. The number of carbonyl (C=O) groups excluding carboxylic acids is 2. The molecule has 1 spiro atoms. The molecule has 2 aliphatic carbocycles. The van der Waals surface area contributed by atoms with Crippen molar-refractivity contribution in [2.45, 2.75) is 76.3 Å². The molecule has 2 fully saturated rings. The van der Waals surface area contributed by atoms with E-state index in [1.807, 2.05) is 43.7 Å². The molecular formula is C26H31N3O6S. The van der Waals surface area contributed by atoms with Crippen LogP contribution in [-0.4, -0.2) is 31.3 Å². The number of benzene rings is 1. The lowest BCUT2D eigenvalue weighted by molar-refractivity contribution is -0.123. The van der Waals surface area contributed by atoms with Crippen molar-refractivity contribution >= 4 is 32.9 Å². The molecule has 2 saturated carbocycles. The first-order valence-electron chi connectivity index (χ1n) is 12.5.